The highest BCUT2D eigenvalue weighted by molar-refractivity contribution is 6.66. The SMILES string of the molecule is O=C1NC(Cl)=NC2N=CNC12. The van der Waals surface area contributed by atoms with Crippen LogP contribution >= 0.6 is 11.6 Å². The Morgan fingerprint density at radius 1 is 1.64 bits per heavy atom. The van der Waals surface area contributed by atoms with Crippen molar-refractivity contribution >= 4 is 29.1 Å². The fraction of sp³-hybridized carbons (Fsp3) is 0.400. The van der Waals surface area contributed by atoms with Crippen LogP contribution in [0.15, 0.2) is 9.98 Å². The van der Waals surface area contributed by atoms with Crippen LogP contribution in [0, 0.1) is 0 Å². The Balaban J connectivity index is 2.30. The van der Waals surface area contributed by atoms with E-state index < -0.39 is 0 Å². The maximum absolute atomic E-state index is 11.1. The Morgan fingerprint density at radius 3 is 3.27 bits per heavy atom. The molecule has 5 nitrogen and oxygen atoms in total. The third kappa shape index (κ3) is 0.970. The second-order valence-electron chi connectivity index (χ2n) is 2.25. The molecule has 0 radical (unpaired) electrons. The van der Waals surface area contributed by atoms with Gasteiger partial charge in [0.25, 0.3) is 5.91 Å². The first-order valence-electron chi connectivity index (χ1n) is 3.09. The minimum atomic E-state index is -0.378. The number of amides is 1. The molecule has 2 unspecified atom stereocenters. The highest BCUT2D eigenvalue weighted by Crippen LogP contribution is 2.10. The summed E-state index contributed by atoms with van der Waals surface area (Å²) in [5.74, 6) is -0.187. The first kappa shape index (κ1) is 6.60. The number of aliphatic imine (C=N–C) groups is 2. The summed E-state index contributed by atoms with van der Waals surface area (Å²) in [5.41, 5.74) is 0. The number of carbonyl (C=O) groups is 1. The predicted octanol–water partition coefficient (Wildman–Crippen LogP) is -0.963. The normalized spacial score (nSPS) is 33.9. The lowest BCUT2D eigenvalue weighted by Crippen LogP contribution is -2.51. The molecule has 0 saturated heterocycles. The van der Waals surface area contributed by atoms with Gasteiger partial charge in [0.1, 0.15) is 6.04 Å². The van der Waals surface area contributed by atoms with Gasteiger partial charge >= 0.3 is 0 Å². The van der Waals surface area contributed by atoms with Gasteiger partial charge in [-0.05, 0) is 11.6 Å². The Bertz CT molecular complexity index is 261. The topological polar surface area (TPSA) is 65.8 Å². The van der Waals surface area contributed by atoms with Gasteiger partial charge in [-0.1, -0.05) is 0 Å². The molecule has 2 heterocycles. The van der Waals surface area contributed by atoms with Crippen molar-refractivity contribution in [3.05, 3.63) is 0 Å². The standard InChI is InChI=1S/C5H5ClN4O/c6-5-9-3-2(4(11)10-5)7-1-8-3/h1-3H,(H,7,8)(H,9,10,11). The number of hydrogen-bond donors (Lipinski definition) is 2. The molecule has 0 aromatic rings. The zero-order valence-electron chi connectivity index (χ0n) is 5.41. The molecule has 2 N–H and O–H groups in total. The van der Waals surface area contributed by atoms with Crippen molar-refractivity contribution < 1.29 is 4.79 Å². The number of rotatable bonds is 0. The maximum Gasteiger partial charge on any atom is 0.253 e. The summed E-state index contributed by atoms with van der Waals surface area (Å²) in [6, 6.07) is -0.377. The number of nitrogens with zero attached hydrogens (tertiary/aromatic N) is 2. The van der Waals surface area contributed by atoms with Crippen molar-refractivity contribution in [1.82, 2.24) is 10.6 Å². The van der Waals surface area contributed by atoms with Crippen LogP contribution < -0.4 is 10.6 Å². The molecule has 0 aromatic heterocycles. The van der Waals surface area contributed by atoms with E-state index in [1.165, 1.54) is 6.34 Å². The van der Waals surface area contributed by atoms with Crippen LogP contribution in [0.5, 0.6) is 0 Å². The van der Waals surface area contributed by atoms with Crippen LogP contribution in [0.2, 0.25) is 0 Å². The van der Waals surface area contributed by atoms with Crippen LogP contribution in [0.25, 0.3) is 0 Å². The summed E-state index contributed by atoms with van der Waals surface area (Å²) < 4.78 is 0. The molecule has 0 aliphatic carbocycles. The number of amidine groups is 1. The van der Waals surface area contributed by atoms with Crippen molar-refractivity contribution in [3.63, 3.8) is 0 Å². The third-order valence-corrected chi connectivity index (χ3v) is 1.73. The highest BCUT2D eigenvalue weighted by Gasteiger charge is 2.34. The largest absolute Gasteiger partial charge is 0.361 e. The van der Waals surface area contributed by atoms with Crippen molar-refractivity contribution in [2.45, 2.75) is 12.2 Å². The van der Waals surface area contributed by atoms with Gasteiger partial charge in [0.05, 0.1) is 6.34 Å². The Kier molecular flexibility index (Phi) is 1.32. The average Bonchev–Trinajstić information content (AvgIpc) is 2.34. The van der Waals surface area contributed by atoms with Crippen LogP contribution in [-0.2, 0) is 4.79 Å². The van der Waals surface area contributed by atoms with Gasteiger partial charge in [0, 0.05) is 0 Å². The first-order chi connectivity index (χ1) is 5.27. The Labute approximate surface area is 67.5 Å². The fourth-order valence-electron chi connectivity index (χ4n) is 1.02. The second kappa shape index (κ2) is 2.20. The smallest absolute Gasteiger partial charge is 0.253 e. The van der Waals surface area contributed by atoms with Crippen LogP contribution in [0.1, 0.15) is 0 Å². The molecule has 0 aromatic carbocycles. The Morgan fingerprint density at radius 2 is 2.45 bits per heavy atom. The van der Waals surface area contributed by atoms with E-state index in [-0.39, 0.29) is 23.4 Å². The molecule has 2 aliphatic heterocycles. The first-order valence-corrected chi connectivity index (χ1v) is 3.47. The van der Waals surface area contributed by atoms with Gasteiger partial charge in [0.15, 0.2) is 11.5 Å². The van der Waals surface area contributed by atoms with Crippen molar-refractivity contribution in [2.24, 2.45) is 9.98 Å². The second-order valence-corrected chi connectivity index (χ2v) is 2.60. The van der Waals surface area contributed by atoms with Crippen LogP contribution in [0.4, 0.5) is 0 Å². The molecule has 0 fully saturated rings. The molecule has 0 spiro atoms. The highest BCUT2D eigenvalue weighted by atomic mass is 35.5. The lowest BCUT2D eigenvalue weighted by atomic mass is 10.2. The van der Waals surface area contributed by atoms with Crippen LogP contribution in [0.3, 0.4) is 0 Å². The van der Waals surface area contributed by atoms with Crippen molar-refractivity contribution in [1.29, 1.82) is 0 Å². The molecule has 58 valence electrons. The summed E-state index contributed by atoms with van der Waals surface area (Å²) in [6.07, 6.45) is 1.09. The summed E-state index contributed by atoms with van der Waals surface area (Å²) in [7, 11) is 0. The predicted molar refractivity (Wildman–Crippen MR) is 40.6 cm³/mol. The summed E-state index contributed by atoms with van der Waals surface area (Å²) in [5, 5.41) is 5.25. The zero-order valence-corrected chi connectivity index (χ0v) is 6.17. The summed E-state index contributed by atoms with van der Waals surface area (Å²) in [4.78, 5) is 18.8. The quantitative estimate of drug-likeness (QED) is 0.462. The van der Waals surface area contributed by atoms with E-state index in [0.717, 1.165) is 0 Å². The van der Waals surface area contributed by atoms with Gasteiger partial charge < -0.3 is 5.32 Å². The van der Waals surface area contributed by atoms with E-state index in [1.807, 2.05) is 0 Å². The minimum Gasteiger partial charge on any atom is -0.361 e. The fourth-order valence-corrected chi connectivity index (χ4v) is 1.21. The van der Waals surface area contributed by atoms with Crippen LogP contribution in [-0.4, -0.2) is 29.7 Å². The van der Waals surface area contributed by atoms with Crippen molar-refractivity contribution in [3.8, 4) is 0 Å². The van der Waals surface area contributed by atoms with Gasteiger partial charge in [-0.15, -0.1) is 0 Å². The summed E-state index contributed by atoms with van der Waals surface area (Å²) in [6.45, 7) is 0. The number of carbonyl (C=O) groups excluding carboxylic acids is 1. The molecule has 6 heteroatoms. The van der Waals surface area contributed by atoms with Gasteiger partial charge in [-0.3, -0.25) is 10.1 Å². The molecule has 0 bridgehead atoms. The number of nitrogens with one attached hydrogen (secondary N) is 2. The van der Waals surface area contributed by atoms with E-state index in [0.29, 0.717) is 0 Å². The molecule has 2 atom stereocenters. The molecule has 0 saturated carbocycles. The molecule has 2 aliphatic rings. The molecule has 1 amide bonds. The lowest BCUT2D eigenvalue weighted by Gasteiger charge is -2.19. The van der Waals surface area contributed by atoms with E-state index in [2.05, 4.69) is 20.6 Å². The van der Waals surface area contributed by atoms with E-state index in [4.69, 9.17) is 11.6 Å². The van der Waals surface area contributed by atoms with Crippen molar-refractivity contribution in [2.75, 3.05) is 0 Å². The maximum atomic E-state index is 11.1. The molecular formula is C5H5ClN4O. The summed E-state index contributed by atoms with van der Waals surface area (Å²) >= 11 is 5.49. The minimum absolute atomic E-state index is 0.108. The number of hydrogen-bond acceptors (Lipinski definition) is 4. The van der Waals surface area contributed by atoms with E-state index in [9.17, 15) is 4.79 Å². The number of halogens is 1. The lowest BCUT2D eigenvalue weighted by molar-refractivity contribution is -0.121. The van der Waals surface area contributed by atoms with Gasteiger partial charge in [-0.25, -0.2) is 9.98 Å². The van der Waals surface area contributed by atoms with E-state index in [1.54, 1.807) is 0 Å². The molecular weight excluding hydrogens is 168 g/mol. The Hall–Kier alpha value is -1.10. The van der Waals surface area contributed by atoms with Gasteiger partial charge in [-0.2, -0.15) is 0 Å². The molecule has 11 heavy (non-hydrogen) atoms. The van der Waals surface area contributed by atoms with Gasteiger partial charge in [0.2, 0.25) is 0 Å². The van der Waals surface area contributed by atoms with E-state index >= 15 is 0 Å². The molecule has 2 rings (SSSR count). The third-order valence-electron chi connectivity index (χ3n) is 1.53. The zero-order chi connectivity index (χ0) is 7.84. The number of fused-ring (bicyclic) bond motifs is 1. The average molecular weight is 173 g/mol. The monoisotopic (exact) mass is 172 g/mol.